The molecule has 4 nitrogen and oxygen atoms in total. The molecule has 0 saturated heterocycles. The Morgan fingerprint density at radius 1 is 1.25 bits per heavy atom. The third-order valence-corrected chi connectivity index (χ3v) is 4.49. The second-order valence-electron chi connectivity index (χ2n) is 4.06. The summed E-state index contributed by atoms with van der Waals surface area (Å²) < 4.78 is 12.9. The van der Waals surface area contributed by atoms with E-state index >= 15 is 0 Å². The average Bonchev–Trinajstić information content (AvgIpc) is 2.39. The largest absolute Gasteiger partial charge is 0.355 e. The van der Waals surface area contributed by atoms with Crippen LogP contribution in [0.25, 0.3) is 0 Å². The number of hydrogen-bond donors (Lipinski definition) is 2. The Morgan fingerprint density at radius 3 is 2.50 bits per heavy atom. The third-order valence-electron chi connectivity index (χ3n) is 2.51. The Kier molecular flexibility index (Phi) is 11.0. The first-order valence-electron chi connectivity index (χ1n) is 6.18. The van der Waals surface area contributed by atoms with E-state index < -0.39 is 10.8 Å². The molecular formula is C13H20BrClN2O2S. The number of carbonyl (C=O) groups excluding carboxylic acids is 1. The lowest BCUT2D eigenvalue weighted by atomic mass is 10.3. The Morgan fingerprint density at radius 2 is 1.90 bits per heavy atom. The van der Waals surface area contributed by atoms with Crippen molar-refractivity contribution in [1.82, 2.24) is 10.6 Å². The first-order valence-corrected chi connectivity index (χ1v) is 8.30. The molecule has 0 fully saturated rings. The first-order chi connectivity index (χ1) is 9.13. The van der Waals surface area contributed by atoms with Crippen LogP contribution >= 0.6 is 28.3 Å². The fourth-order valence-electron chi connectivity index (χ4n) is 1.48. The lowest BCUT2D eigenvalue weighted by Gasteiger charge is -2.05. The summed E-state index contributed by atoms with van der Waals surface area (Å²) in [7, 11) is 0.812. The van der Waals surface area contributed by atoms with Crippen molar-refractivity contribution in [1.29, 1.82) is 0 Å². The van der Waals surface area contributed by atoms with Gasteiger partial charge in [0.25, 0.3) is 0 Å². The molecule has 1 aromatic rings. The number of halogens is 2. The summed E-state index contributed by atoms with van der Waals surface area (Å²) in [6, 6.07) is 7.43. The van der Waals surface area contributed by atoms with Gasteiger partial charge in [-0.1, -0.05) is 15.9 Å². The molecular weight excluding hydrogens is 364 g/mol. The first kappa shape index (κ1) is 19.6. The molecule has 2 N–H and O–H groups in total. The molecule has 0 saturated carbocycles. The van der Waals surface area contributed by atoms with Crippen molar-refractivity contribution in [3.63, 3.8) is 0 Å². The van der Waals surface area contributed by atoms with Crippen molar-refractivity contribution in [3.8, 4) is 0 Å². The minimum Gasteiger partial charge on any atom is -0.355 e. The molecule has 0 heterocycles. The Bertz CT molecular complexity index is 429. The molecule has 0 aliphatic heterocycles. The summed E-state index contributed by atoms with van der Waals surface area (Å²) in [6.07, 6.45) is 1.06. The molecule has 1 unspecified atom stereocenters. The van der Waals surface area contributed by atoms with E-state index in [0.717, 1.165) is 15.9 Å². The zero-order valence-corrected chi connectivity index (χ0v) is 14.6. The summed E-state index contributed by atoms with van der Waals surface area (Å²) in [5.41, 5.74) is 0. The zero-order valence-electron chi connectivity index (χ0n) is 11.4. The molecule has 1 aromatic carbocycles. The Labute approximate surface area is 137 Å². The van der Waals surface area contributed by atoms with E-state index in [1.54, 1.807) is 0 Å². The number of rotatable bonds is 8. The minimum atomic E-state index is -1.03. The molecule has 7 heteroatoms. The maximum Gasteiger partial charge on any atom is 0.220 e. The fourth-order valence-corrected chi connectivity index (χ4v) is 2.83. The molecule has 0 aliphatic rings. The van der Waals surface area contributed by atoms with E-state index in [1.165, 1.54) is 0 Å². The van der Waals surface area contributed by atoms with Crippen LogP contribution in [0.15, 0.2) is 33.6 Å². The molecule has 0 aliphatic carbocycles. The van der Waals surface area contributed by atoms with Crippen molar-refractivity contribution in [3.05, 3.63) is 28.7 Å². The maximum absolute atomic E-state index is 12.0. The minimum absolute atomic E-state index is 0. The summed E-state index contributed by atoms with van der Waals surface area (Å²) in [5.74, 6) is 0.532. The number of nitrogens with one attached hydrogen (secondary N) is 2. The van der Waals surface area contributed by atoms with Gasteiger partial charge in [0.15, 0.2) is 0 Å². The van der Waals surface area contributed by atoms with Crippen LogP contribution < -0.4 is 10.6 Å². The molecule has 1 amide bonds. The van der Waals surface area contributed by atoms with E-state index in [2.05, 4.69) is 26.6 Å². The van der Waals surface area contributed by atoms with Crippen LogP contribution in [0.4, 0.5) is 0 Å². The van der Waals surface area contributed by atoms with Crippen LogP contribution in [0.2, 0.25) is 0 Å². The number of hydrogen-bond acceptors (Lipinski definition) is 3. The topological polar surface area (TPSA) is 58.2 Å². The van der Waals surface area contributed by atoms with Gasteiger partial charge in [0.05, 0.1) is 10.8 Å². The van der Waals surface area contributed by atoms with Gasteiger partial charge in [0, 0.05) is 34.6 Å². The van der Waals surface area contributed by atoms with Gasteiger partial charge in [-0.05, 0) is 37.7 Å². The lowest BCUT2D eigenvalue weighted by molar-refractivity contribution is -0.121. The van der Waals surface area contributed by atoms with Gasteiger partial charge in [0.1, 0.15) is 0 Å². The highest BCUT2D eigenvalue weighted by Gasteiger charge is 2.06. The second kappa shape index (κ2) is 11.3. The van der Waals surface area contributed by atoms with Crippen LogP contribution in [-0.4, -0.2) is 36.0 Å². The van der Waals surface area contributed by atoms with Crippen LogP contribution in [0, 0.1) is 0 Å². The van der Waals surface area contributed by atoms with Gasteiger partial charge in [-0.15, -0.1) is 12.4 Å². The van der Waals surface area contributed by atoms with Gasteiger partial charge in [0.2, 0.25) is 5.91 Å². The molecule has 0 radical (unpaired) electrons. The quantitative estimate of drug-likeness (QED) is 0.676. The average molecular weight is 384 g/mol. The molecule has 0 bridgehead atoms. The van der Waals surface area contributed by atoms with Gasteiger partial charge in [-0.3, -0.25) is 9.00 Å². The highest BCUT2D eigenvalue weighted by Crippen LogP contribution is 2.14. The van der Waals surface area contributed by atoms with Crippen LogP contribution in [0.1, 0.15) is 12.8 Å². The van der Waals surface area contributed by atoms with E-state index in [-0.39, 0.29) is 18.3 Å². The van der Waals surface area contributed by atoms with E-state index in [0.29, 0.717) is 25.1 Å². The molecule has 20 heavy (non-hydrogen) atoms. The van der Waals surface area contributed by atoms with Crippen molar-refractivity contribution in [2.24, 2.45) is 0 Å². The summed E-state index contributed by atoms with van der Waals surface area (Å²) in [4.78, 5) is 12.2. The maximum atomic E-state index is 12.0. The van der Waals surface area contributed by atoms with Crippen LogP contribution in [0.3, 0.4) is 0 Å². The van der Waals surface area contributed by atoms with E-state index in [1.807, 2.05) is 31.3 Å². The molecule has 1 atom stereocenters. The van der Waals surface area contributed by atoms with E-state index in [9.17, 15) is 9.00 Å². The standard InChI is InChI=1S/C13H19BrN2O2S.ClH/c1-15-8-9-16-13(17)3-2-10-19(18)12-6-4-11(14)5-7-12;/h4-7,15H,2-3,8-10H2,1H3,(H,16,17);1H. The van der Waals surface area contributed by atoms with Gasteiger partial charge in [-0.25, -0.2) is 0 Å². The van der Waals surface area contributed by atoms with Gasteiger partial charge in [-0.2, -0.15) is 0 Å². The Balaban J connectivity index is 0.00000361. The highest BCUT2D eigenvalue weighted by atomic mass is 79.9. The van der Waals surface area contributed by atoms with Crippen molar-refractivity contribution < 1.29 is 9.00 Å². The van der Waals surface area contributed by atoms with Crippen molar-refractivity contribution in [2.75, 3.05) is 25.9 Å². The van der Waals surface area contributed by atoms with Crippen molar-refractivity contribution in [2.45, 2.75) is 17.7 Å². The number of likely N-dealkylation sites (N-methyl/N-ethyl adjacent to an activating group) is 1. The molecule has 114 valence electrons. The predicted octanol–water partition coefficient (Wildman–Crippen LogP) is 2.09. The normalized spacial score (nSPS) is 11.5. The smallest absolute Gasteiger partial charge is 0.220 e. The fraction of sp³-hybridized carbons (Fsp3) is 0.462. The molecule has 0 aromatic heterocycles. The number of amides is 1. The summed E-state index contributed by atoms with van der Waals surface area (Å²) >= 11 is 3.34. The van der Waals surface area contributed by atoms with Crippen molar-refractivity contribution >= 4 is 45.0 Å². The number of carbonyl (C=O) groups is 1. The third kappa shape index (κ3) is 7.99. The molecule has 1 rings (SSSR count). The number of benzene rings is 1. The Hall–Kier alpha value is -0.430. The summed E-state index contributed by atoms with van der Waals surface area (Å²) in [5, 5.41) is 5.75. The van der Waals surface area contributed by atoms with Gasteiger partial charge < -0.3 is 10.6 Å². The van der Waals surface area contributed by atoms with Crippen LogP contribution in [0.5, 0.6) is 0 Å². The monoisotopic (exact) mass is 382 g/mol. The second-order valence-corrected chi connectivity index (χ2v) is 6.55. The predicted molar refractivity (Wildman–Crippen MR) is 88.8 cm³/mol. The van der Waals surface area contributed by atoms with E-state index in [4.69, 9.17) is 0 Å². The summed E-state index contributed by atoms with van der Waals surface area (Å²) in [6.45, 7) is 1.39. The zero-order chi connectivity index (χ0) is 14.1. The van der Waals surface area contributed by atoms with Gasteiger partial charge >= 0.3 is 0 Å². The van der Waals surface area contributed by atoms with Crippen LogP contribution in [-0.2, 0) is 15.6 Å². The SMILES string of the molecule is CNCCNC(=O)CCCS(=O)c1ccc(Br)cc1.Cl. The lowest BCUT2D eigenvalue weighted by Crippen LogP contribution is -2.30. The highest BCUT2D eigenvalue weighted by molar-refractivity contribution is 9.10. The molecule has 0 spiro atoms.